The van der Waals surface area contributed by atoms with Gasteiger partial charge in [0, 0.05) is 35.2 Å². The zero-order valence-corrected chi connectivity index (χ0v) is 15.4. The van der Waals surface area contributed by atoms with Crippen LogP contribution in [0.2, 0.25) is 10.0 Å². The van der Waals surface area contributed by atoms with Gasteiger partial charge in [0.1, 0.15) is 6.04 Å². The van der Waals surface area contributed by atoms with Gasteiger partial charge >= 0.3 is 0 Å². The molecule has 0 spiro atoms. The SMILES string of the molecule is Cc1c(Cl)cc(C(=O)N2CCC[C@H]2C(=O)N2CCCCC2)cc1Cl. The highest BCUT2D eigenvalue weighted by Crippen LogP contribution is 2.29. The Balaban J connectivity index is 1.79. The summed E-state index contributed by atoms with van der Waals surface area (Å²) < 4.78 is 0. The van der Waals surface area contributed by atoms with Crippen LogP contribution < -0.4 is 0 Å². The van der Waals surface area contributed by atoms with E-state index in [0.29, 0.717) is 22.2 Å². The quantitative estimate of drug-likeness (QED) is 0.793. The van der Waals surface area contributed by atoms with Crippen LogP contribution in [-0.2, 0) is 4.79 Å². The molecule has 2 fully saturated rings. The van der Waals surface area contributed by atoms with Gasteiger partial charge in [-0.2, -0.15) is 0 Å². The minimum Gasteiger partial charge on any atom is -0.341 e. The molecule has 2 aliphatic rings. The molecule has 1 aromatic rings. The first-order valence-corrected chi connectivity index (χ1v) is 9.30. The number of likely N-dealkylation sites (tertiary alicyclic amines) is 2. The van der Waals surface area contributed by atoms with E-state index in [1.54, 1.807) is 17.0 Å². The number of piperidine rings is 1. The Kier molecular flexibility index (Phi) is 5.36. The number of amides is 2. The first kappa shape index (κ1) is 17.6. The van der Waals surface area contributed by atoms with E-state index in [1.807, 2.05) is 11.8 Å². The second-order valence-corrected chi connectivity index (χ2v) is 7.42. The fourth-order valence-electron chi connectivity index (χ4n) is 3.53. The maximum atomic E-state index is 12.9. The second kappa shape index (κ2) is 7.32. The number of hydrogen-bond acceptors (Lipinski definition) is 2. The molecule has 1 aromatic carbocycles. The number of rotatable bonds is 2. The first-order valence-electron chi connectivity index (χ1n) is 8.54. The van der Waals surface area contributed by atoms with Gasteiger partial charge in [0.15, 0.2) is 0 Å². The highest BCUT2D eigenvalue weighted by atomic mass is 35.5. The summed E-state index contributed by atoms with van der Waals surface area (Å²) in [6, 6.07) is 2.94. The van der Waals surface area contributed by atoms with Crippen molar-refractivity contribution in [2.75, 3.05) is 19.6 Å². The summed E-state index contributed by atoms with van der Waals surface area (Å²) in [5.74, 6) is -0.0727. The van der Waals surface area contributed by atoms with Crippen LogP contribution in [0.5, 0.6) is 0 Å². The fourth-order valence-corrected chi connectivity index (χ4v) is 4.01. The van der Waals surface area contributed by atoms with Crippen molar-refractivity contribution >= 4 is 35.0 Å². The van der Waals surface area contributed by atoms with Crippen molar-refractivity contribution in [2.24, 2.45) is 0 Å². The summed E-state index contributed by atoms with van der Waals surface area (Å²) >= 11 is 12.3. The van der Waals surface area contributed by atoms with Crippen molar-refractivity contribution in [1.29, 1.82) is 0 Å². The molecule has 0 unspecified atom stereocenters. The molecule has 0 saturated carbocycles. The molecule has 0 aliphatic carbocycles. The minimum atomic E-state index is -0.352. The molecule has 4 nitrogen and oxygen atoms in total. The number of nitrogens with zero attached hydrogens (tertiary/aromatic N) is 2. The third kappa shape index (κ3) is 3.40. The van der Waals surface area contributed by atoms with Crippen LogP contribution >= 0.6 is 23.2 Å². The number of carbonyl (C=O) groups excluding carboxylic acids is 2. The molecule has 24 heavy (non-hydrogen) atoms. The lowest BCUT2D eigenvalue weighted by molar-refractivity contribution is -0.136. The van der Waals surface area contributed by atoms with Crippen LogP contribution in [0.1, 0.15) is 48.0 Å². The van der Waals surface area contributed by atoms with Crippen LogP contribution in [0.4, 0.5) is 0 Å². The Hall–Kier alpha value is -1.26. The topological polar surface area (TPSA) is 40.6 Å². The van der Waals surface area contributed by atoms with E-state index in [9.17, 15) is 9.59 Å². The van der Waals surface area contributed by atoms with Gasteiger partial charge in [0.25, 0.3) is 5.91 Å². The lowest BCUT2D eigenvalue weighted by Gasteiger charge is -2.32. The zero-order chi connectivity index (χ0) is 17.3. The van der Waals surface area contributed by atoms with E-state index < -0.39 is 0 Å². The van der Waals surface area contributed by atoms with Gasteiger partial charge in [-0.25, -0.2) is 0 Å². The van der Waals surface area contributed by atoms with Crippen molar-refractivity contribution in [3.05, 3.63) is 33.3 Å². The summed E-state index contributed by atoms with van der Waals surface area (Å²) in [5, 5.41) is 0.952. The molecule has 2 saturated heterocycles. The summed E-state index contributed by atoms with van der Waals surface area (Å²) in [6.45, 7) is 4.03. The van der Waals surface area contributed by atoms with Crippen molar-refractivity contribution < 1.29 is 9.59 Å². The van der Waals surface area contributed by atoms with Gasteiger partial charge in [-0.05, 0) is 56.7 Å². The summed E-state index contributed by atoms with van der Waals surface area (Å²) in [7, 11) is 0. The molecule has 2 aliphatic heterocycles. The largest absolute Gasteiger partial charge is 0.341 e. The van der Waals surface area contributed by atoms with Crippen molar-refractivity contribution in [3.8, 4) is 0 Å². The number of hydrogen-bond donors (Lipinski definition) is 0. The Morgan fingerprint density at radius 3 is 2.25 bits per heavy atom. The van der Waals surface area contributed by atoms with Crippen molar-refractivity contribution in [1.82, 2.24) is 9.80 Å². The molecule has 6 heteroatoms. The smallest absolute Gasteiger partial charge is 0.254 e. The lowest BCUT2D eigenvalue weighted by Crippen LogP contribution is -2.49. The molecule has 0 bridgehead atoms. The predicted octanol–water partition coefficient (Wildman–Crippen LogP) is 3.92. The Morgan fingerprint density at radius 1 is 1.00 bits per heavy atom. The van der Waals surface area contributed by atoms with Gasteiger partial charge in [-0.15, -0.1) is 0 Å². The van der Waals surface area contributed by atoms with Gasteiger partial charge in [0.2, 0.25) is 5.91 Å². The normalized spacial score (nSPS) is 21.2. The molecule has 2 heterocycles. The molecule has 3 rings (SSSR count). The molecule has 0 N–H and O–H groups in total. The number of benzene rings is 1. The third-order valence-corrected chi connectivity index (χ3v) is 5.78. The maximum Gasteiger partial charge on any atom is 0.254 e. The van der Waals surface area contributed by atoms with Crippen molar-refractivity contribution in [2.45, 2.75) is 45.1 Å². The van der Waals surface area contributed by atoms with Gasteiger partial charge in [-0.3, -0.25) is 9.59 Å². The van der Waals surface area contributed by atoms with Crippen LogP contribution in [-0.4, -0.2) is 47.3 Å². The van der Waals surface area contributed by atoms with Crippen LogP contribution in [0.25, 0.3) is 0 Å². The standard InChI is InChI=1S/C18H22Cl2N2O2/c1-12-14(19)10-13(11-15(12)20)17(23)22-9-5-6-16(22)18(24)21-7-3-2-4-8-21/h10-11,16H,2-9H2,1H3/t16-/m0/s1. The number of carbonyl (C=O) groups is 2. The van der Waals surface area contributed by atoms with Crippen LogP contribution in [0.15, 0.2) is 12.1 Å². The number of halogens is 2. The zero-order valence-electron chi connectivity index (χ0n) is 13.9. The van der Waals surface area contributed by atoms with E-state index in [2.05, 4.69) is 0 Å². The first-order chi connectivity index (χ1) is 11.5. The molecule has 0 radical (unpaired) electrons. The Bertz CT molecular complexity index is 633. The molecule has 0 aromatic heterocycles. The highest BCUT2D eigenvalue weighted by molar-refractivity contribution is 6.36. The van der Waals surface area contributed by atoms with E-state index in [0.717, 1.165) is 44.3 Å². The fraction of sp³-hybridized carbons (Fsp3) is 0.556. The molecular weight excluding hydrogens is 347 g/mol. The summed E-state index contributed by atoms with van der Waals surface area (Å²) in [5.41, 5.74) is 1.21. The maximum absolute atomic E-state index is 12.9. The Labute approximate surface area is 152 Å². The van der Waals surface area contributed by atoms with E-state index >= 15 is 0 Å². The molecule has 2 amide bonds. The van der Waals surface area contributed by atoms with Gasteiger partial charge < -0.3 is 9.80 Å². The van der Waals surface area contributed by atoms with Gasteiger partial charge in [-0.1, -0.05) is 23.2 Å². The average Bonchev–Trinajstić information content (AvgIpc) is 3.08. The molecule has 130 valence electrons. The summed E-state index contributed by atoms with van der Waals surface area (Å²) in [4.78, 5) is 29.3. The van der Waals surface area contributed by atoms with E-state index in [-0.39, 0.29) is 17.9 Å². The van der Waals surface area contributed by atoms with Crippen molar-refractivity contribution in [3.63, 3.8) is 0 Å². The average molecular weight is 369 g/mol. The van der Waals surface area contributed by atoms with Crippen LogP contribution in [0.3, 0.4) is 0 Å². The Morgan fingerprint density at radius 2 is 1.62 bits per heavy atom. The minimum absolute atomic E-state index is 0.0878. The van der Waals surface area contributed by atoms with Gasteiger partial charge in [0.05, 0.1) is 0 Å². The monoisotopic (exact) mass is 368 g/mol. The summed E-state index contributed by atoms with van der Waals surface area (Å²) in [6.07, 6.45) is 4.86. The van der Waals surface area contributed by atoms with E-state index in [1.165, 1.54) is 6.42 Å². The molecular formula is C18H22Cl2N2O2. The molecule has 1 atom stereocenters. The van der Waals surface area contributed by atoms with Crippen LogP contribution in [0, 0.1) is 6.92 Å². The third-order valence-electron chi connectivity index (χ3n) is 4.99. The second-order valence-electron chi connectivity index (χ2n) is 6.61. The predicted molar refractivity (Wildman–Crippen MR) is 95.7 cm³/mol. The van der Waals surface area contributed by atoms with E-state index in [4.69, 9.17) is 23.2 Å². The lowest BCUT2D eigenvalue weighted by atomic mass is 10.1. The highest BCUT2D eigenvalue weighted by Gasteiger charge is 2.37.